The Kier molecular flexibility index (Phi) is 6.64. The van der Waals surface area contributed by atoms with Crippen LogP contribution in [0.5, 0.6) is 0 Å². The van der Waals surface area contributed by atoms with E-state index in [1.54, 1.807) is 0 Å². The SMILES string of the molecule is COC(=O)/C=C(\C)c1cccc(N(Cc2ccccc2)Cc2ccccc2)c1. The van der Waals surface area contributed by atoms with E-state index >= 15 is 0 Å². The zero-order valence-electron chi connectivity index (χ0n) is 16.3. The molecule has 3 aromatic rings. The van der Waals surface area contributed by atoms with E-state index in [-0.39, 0.29) is 5.97 Å². The summed E-state index contributed by atoms with van der Waals surface area (Å²) in [5.41, 5.74) is 5.52. The summed E-state index contributed by atoms with van der Waals surface area (Å²) in [5.74, 6) is -0.340. The maximum Gasteiger partial charge on any atom is 0.330 e. The van der Waals surface area contributed by atoms with Crippen molar-refractivity contribution in [1.29, 1.82) is 0 Å². The molecule has 3 nitrogen and oxygen atoms in total. The molecule has 0 aliphatic heterocycles. The first-order chi connectivity index (χ1) is 13.7. The summed E-state index contributed by atoms with van der Waals surface area (Å²) in [5, 5.41) is 0. The highest BCUT2D eigenvalue weighted by molar-refractivity contribution is 5.91. The number of hydrogen-bond donors (Lipinski definition) is 0. The third-order valence-corrected chi connectivity index (χ3v) is 4.63. The quantitative estimate of drug-likeness (QED) is 0.407. The van der Waals surface area contributed by atoms with Gasteiger partial charge in [-0.3, -0.25) is 0 Å². The second-order valence-corrected chi connectivity index (χ2v) is 6.73. The van der Waals surface area contributed by atoms with E-state index < -0.39 is 0 Å². The van der Waals surface area contributed by atoms with Crippen LogP contribution in [0.1, 0.15) is 23.6 Å². The molecule has 0 spiro atoms. The lowest BCUT2D eigenvalue weighted by molar-refractivity contribution is -0.134. The van der Waals surface area contributed by atoms with Crippen LogP contribution in [0.15, 0.2) is 91.0 Å². The van der Waals surface area contributed by atoms with E-state index in [0.29, 0.717) is 0 Å². The van der Waals surface area contributed by atoms with Crippen LogP contribution in [0.2, 0.25) is 0 Å². The number of esters is 1. The zero-order valence-corrected chi connectivity index (χ0v) is 16.3. The fraction of sp³-hybridized carbons (Fsp3) is 0.160. The van der Waals surface area contributed by atoms with Crippen molar-refractivity contribution in [2.24, 2.45) is 0 Å². The first-order valence-electron chi connectivity index (χ1n) is 9.35. The molecule has 0 aliphatic rings. The topological polar surface area (TPSA) is 29.5 Å². The smallest absolute Gasteiger partial charge is 0.330 e. The van der Waals surface area contributed by atoms with Gasteiger partial charge in [-0.2, -0.15) is 0 Å². The lowest BCUT2D eigenvalue weighted by atomic mass is 10.1. The Labute approximate surface area is 166 Å². The third kappa shape index (κ3) is 5.34. The molecule has 0 saturated carbocycles. The summed E-state index contributed by atoms with van der Waals surface area (Å²) < 4.78 is 4.75. The highest BCUT2D eigenvalue weighted by Crippen LogP contribution is 2.25. The fourth-order valence-electron chi connectivity index (χ4n) is 3.11. The van der Waals surface area contributed by atoms with E-state index in [2.05, 4.69) is 65.6 Å². The van der Waals surface area contributed by atoms with Crippen LogP contribution in [0.25, 0.3) is 5.57 Å². The molecular formula is C25H25NO2. The molecule has 0 heterocycles. The van der Waals surface area contributed by atoms with E-state index in [9.17, 15) is 4.79 Å². The van der Waals surface area contributed by atoms with Crippen LogP contribution in [-0.2, 0) is 22.6 Å². The Morgan fingerprint density at radius 3 is 1.96 bits per heavy atom. The molecular weight excluding hydrogens is 346 g/mol. The number of hydrogen-bond acceptors (Lipinski definition) is 3. The van der Waals surface area contributed by atoms with Gasteiger partial charge in [0, 0.05) is 24.9 Å². The molecule has 0 atom stereocenters. The third-order valence-electron chi connectivity index (χ3n) is 4.63. The predicted octanol–water partition coefficient (Wildman–Crippen LogP) is 5.47. The first-order valence-corrected chi connectivity index (χ1v) is 9.35. The van der Waals surface area contributed by atoms with Crippen LogP contribution in [0.4, 0.5) is 5.69 Å². The number of anilines is 1. The summed E-state index contributed by atoms with van der Waals surface area (Å²) >= 11 is 0. The lowest BCUT2D eigenvalue weighted by Crippen LogP contribution is -2.22. The number of allylic oxidation sites excluding steroid dienone is 1. The molecule has 0 radical (unpaired) electrons. The number of benzene rings is 3. The molecule has 0 N–H and O–H groups in total. The van der Waals surface area contributed by atoms with E-state index in [0.717, 1.165) is 29.9 Å². The van der Waals surface area contributed by atoms with Gasteiger partial charge in [0.25, 0.3) is 0 Å². The Morgan fingerprint density at radius 2 is 1.43 bits per heavy atom. The average Bonchev–Trinajstić information content (AvgIpc) is 2.74. The summed E-state index contributed by atoms with van der Waals surface area (Å²) in [6, 6.07) is 29.2. The van der Waals surface area contributed by atoms with Crippen molar-refractivity contribution in [3.63, 3.8) is 0 Å². The predicted molar refractivity (Wildman–Crippen MR) is 115 cm³/mol. The van der Waals surface area contributed by atoms with Crippen molar-refractivity contribution >= 4 is 17.2 Å². The number of carbonyl (C=O) groups is 1. The van der Waals surface area contributed by atoms with E-state index in [4.69, 9.17) is 4.74 Å². The van der Waals surface area contributed by atoms with E-state index in [1.807, 2.05) is 31.2 Å². The van der Waals surface area contributed by atoms with Crippen LogP contribution >= 0.6 is 0 Å². The minimum absolute atomic E-state index is 0.340. The number of carbonyl (C=O) groups excluding carboxylic acids is 1. The molecule has 0 aromatic heterocycles. The van der Waals surface area contributed by atoms with E-state index in [1.165, 1.54) is 24.3 Å². The standard InChI is InChI=1S/C25H25NO2/c1-20(16-25(27)28-2)23-14-9-15-24(17-23)26(18-21-10-5-3-6-11-21)19-22-12-7-4-8-13-22/h3-17H,18-19H2,1-2H3/b20-16+. The molecule has 28 heavy (non-hydrogen) atoms. The van der Waals surface area contributed by atoms with Gasteiger partial charge in [-0.25, -0.2) is 4.79 Å². The Balaban J connectivity index is 1.92. The molecule has 0 unspecified atom stereocenters. The summed E-state index contributed by atoms with van der Waals surface area (Å²) in [6.45, 7) is 3.53. The Bertz CT molecular complexity index is 892. The molecule has 0 saturated heterocycles. The molecule has 0 aliphatic carbocycles. The molecule has 0 amide bonds. The van der Waals surface area contributed by atoms with Gasteiger partial charge >= 0.3 is 5.97 Å². The normalized spacial score (nSPS) is 11.1. The van der Waals surface area contributed by atoms with Gasteiger partial charge in [0.1, 0.15) is 0 Å². The van der Waals surface area contributed by atoms with Gasteiger partial charge in [-0.05, 0) is 41.3 Å². The Morgan fingerprint density at radius 1 is 0.857 bits per heavy atom. The average molecular weight is 371 g/mol. The van der Waals surface area contributed by atoms with Crippen molar-refractivity contribution in [2.75, 3.05) is 12.0 Å². The zero-order chi connectivity index (χ0) is 19.8. The van der Waals surface area contributed by atoms with Crippen LogP contribution in [-0.4, -0.2) is 13.1 Å². The number of ether oxygens (including phenoxy) is 1. The number of nitrogens with zero attached hydrogens (tertiary/aromatic N) is 1. The maximum absolute atomic E-state index is 11.6. The largest absolute Gasteiger partial charge is 0.466 e. The number of rotatable bonds is 7. The molecule has 0 fully saturated rings. The summed E-state index contributed by atoms with van der Waals surface area (Å²) in [7, 11) is 1.39. The monoisotopic (exact) mass is 371 g/mol. The van der Waals surface area contributed by atoms with Crippen molar-refractivity contribution in [1.82, 2.24) is 0 Å². The molecule has 0 bridgehead atoms. The number of methoxy groups -OCH3 is 1. The second kappa shape index (κ2) is 9.56. The summed E-state index contributed by atoms with van der Waals surface area (Å²) in [4.78, 5) is 13.9. The highest BCUT2D eigenvalue weighted by Gasteiger charge is 2.10. The lowest BCUT2D eigenvalue weighted by Gasteiger charge is -2.26. The van der Waals surface area contributed by atoms with Gasteiger partial charge in [0.15, 0.2) is 0 Å². The molecule has 142 valence electrons. The maximum atomic E-state index is 11.6. The summed E-state index contributed by atoms with van der Waals surface area (Å²) in [6.07, 6.45) is 1.53. The van der Waals surface area contributed by atoms with Crippen LogP contribution in [0.3, 0.4) is 0 Å². The van der Waals surface area contributed by atoms with Gasteiger partial charge in [-0.1, -0.05) is 72.8 Å². The molecule has 3 heteroatoms. The van der Waals surface area contributed by atoms with Gasteiger partial charge in [0.05, 0.1) is 7.11 Å². The van der Waals surface area contributed by atoms with Crippen LogP contribution < -0.4 is 4.90 Å². The molecule has 3 rings (SSSR count). The van der Waals surface area contributed by atoms with Crippen molar-refractivity contribution < 1.29 is 9.53 Å². The van der Waals surface area contributed by atoms with Crippen molar-refractivity contribution in [3.05, 3.63) is 108 Å². The minimum atomic E-state index is -0.340. The van der Waals surface area contributed by atoms with Gasteiger partial charge in [-0.15, -0.1) is 0 Å². The first kappa shape index (κ1) is 19.4. The second-order valence-electron chi connectivity index (χ2n) is 6.73. The molecule has 3 aromatic carbocycles. The Hall–Kier alpha value is -3.33. The van der Waals surface area contributed by atoms with Gasteiger partial charge < -0.3 is 9.64 Å². The fourth-order valence-corrected chi connectivity index (χ4v) is 3.11. The van der Waals surface area contributed by atoms with Gasteiger partial charge in [0.2, 0.25) is 0 Å². The van der Waals surface area contributed by atoms with Crippen LogP contribution in [0, 0.1) is 0 Å². The van der Waals surface area contributed by atoms with Crippen molar-refractivity contribution in [2.45, 2.75) is 20.0 Å². The van der Waals surface area contributed by atoms with Crippen molar-refractivity contribution in [3.8, 4) is 0 Å². The highest BCUT2D eigenvalue weighted by atomic mass is 16.5. The minimum Gasteiger partial charge on any atom is -0.466 e.